The topological polar surface area (TPSA) is 78.9 Å². The highest BCUT2D eigenvalue weighted by Gasteiger charge is 2.43. The Bertz CT molecular complexity index is 388. The van der Waals surface area contributed by atoms with Gasteiger partial charge in [-0.1, -0.05) is 34.8 Å². The third-order valence-corrected chi connectivity index (χ3v) is 3.97. The van der Waals surface area contributed by atoms with E-state index in [-0.39, 0.29) is 24.7 Å². The van der Waals surface area contributed by atoms with Crippen LogP contribution in [-0.2, 0) is 4.74 Å². The first-order valence-electron chi connectivity index (χ1n) is 6.27. The number of amides is 2. The van der Waals surface area contributed by atoms with E-state index in [2.05, 4.69) is 5.32 Å². The van der Waals surface area contributed by atoms with E-state index in [9.17, 15) is 9.59 Å². The van der Waals surface area contributed by atoms with Crippen molar-refractivity contribution in [1.82, 2.24) is 10.2 Å². The molecule has 9 heteroatoms. The van der Waals surface area contributed by atoms with Crippen LogP contribution >= 0.6 is 34.8 Å². The van der Waals surface area contributed by atoms with Crippen LogP contribution in [0.1, 0.15) is 25.7 Å². The van der Waals surface area contributed by atoms with Gasteiger partial charge >= 0.3 is 12.2 Å². The minimum atomic E-state index is -1.64. The fourth-order valence-electron chi connectivity index (χ4n) is 2.96. The molecular weight excluding hydrogens is 330 g/mol. The van der Waals surface area contributed by atoms with Gasteiger partial charge in [-0.25, -0.2) is 9.59 Å². The summed E-state index contributed by atoms with van der Waals surface area (Å²) < 4.78 is 3.16. The number of nitrogens with one attached hydrogen (secondary N) is 1. The van der Waals surface area contributed by atoms with Crippen LogP contribution in [0.2, 0.25) is 0 Å². The molecule has 0 aliphatic carbocycles. The lowest BCUT2D eigenvalue weighted by molar-refractivity contribution is 0.0885. The van der Waals surface area contributed by atoms with Crippen molar-refractivity contribution < 1.29 is 19.4 Å². The van der Waals surface area contributed by atoms with E-state index in [0.29, 0.717) is 12.8 Å². The number of hydrogen-bond donors (Lipinski definition) is 2. The van der Waals surface area contributed by atoms with Crippen LogP contribution < -0.4 is 5.32 Å². The summed E-state index contributed by atoms with van der Waals surface area (Å²) in [5.41, 5.74) is 0. The van der Waals surface area contributed by atoms with Gasteiger partial charge in [0, 0.05) is 18.1 Å². The molecule has 6 nitrogen and oxygen atoms in total. The number of halogens is 3. The SMILES string of the molecule is O=C(NC1C[C@H]2CC[C@@H](C1)N2C(=O)O)OCC(Cl)(Cl)Cl. The number of hydrogen-bond acceptors (Lipinski definition) is 3. The second-order valence-electron chi connectivity index (χ2n) is 5.08. The molecule has 0 aromatic rings. The van der Waals surface area contributed by atoms with Gasteiger partial charge in [0.2, 0.25) is 3.79 Å². The van der Waals surface area contributed by atoms with Crippen LogP contribution in [0.3, 0.4) is 0 Å². The normalized spacial score (nSPS) is 29.1. The summed E-state index contributed by atoms with van der Waals surface area (Å²) in [6.45, 7) is -0.329. The van der Waals surface area contributed by atoms with Crippen molar-refractivity contribution in [3.8, 4) is 0 Å². The van der Waals surface area contributed by atoms with Crippen LogP contribution in [0.25, 0.3) is 0 Å². The van der Waals surface area contributed by atoms with Crippen molar-refractivity contribution in [2.45, 2.75) is 47.6 Å². The molecule has 0 spiro atoms. The second-order valence-corrected chi connectivity index (χ2v) is 7.59. The molecule has 2 heterocycles. The minimum absolute atomic E-state index is 0.0373. The van der Waals surface area contributed by atoms with Gasteiger partial charge in [-0.2, -0.15) is 0 Å². The van der Waals surface area contributed by atoms with Crippen LogP contribution in [-0.4, -0.2) is 50.7 Å². The molecule has 2 saturated heterocycles. The highest BCUT2D eigenvalue weighted by atomic mass is 35.6. The maximum atomic E-state index is 11.6. The lowest BCUT2D eigenvalue weighted by Gasteiger charge is -2.37. The minimum Gasteiger partial charge on any atom is -0.465 e. The van der Waals surface area contributed by atoms with Crippen molar-refractivity contribution in [3.05, 3.63) is 0 Å². The zero-order valence-corrected chi connectivity index (χ0v) is 12.8. The first-order chi connectivity index (χ1) is 9.26. The molecule has 114 valence electrons. The number of alkyl carbamates (subject to hydrolysis) is 1. The van der Waals surface area contributed by atoms with Crippen molar-refractivity contribution in [2.24, 2.45) is 0 Å². The molecule has 2 aliphatic heterocycles. The van der Waals surface area contributed by atoms with Gasteiger partial charge in [-0.05, 0) is 25.7 Å². The molecule has 0 aromatic carbocycles. The molecule has 2 aliphatic rings. The maximum absolute atomic E-state index is 11.6. The summed E-state index contributed by atoms with van der Waals surface area (Å²) in [4.78, 5) is 24.2. The van der Waals surface area contributed by atoms with E-state index in [4.69, 9.17) is 44.6 Å². The predicted octanol–water partition coefficient (Wildman–Crippen LogP) is 2.76. The highest BCUT2D eigenvalue weighted by Crippen LogP contribution is 2.35. The number of fused-ring (bicyclic) bond motifs is 2. The Hall–Kier alpha value is -0.590. The number of carbonyl (C=O) groups excluding carboxylic acids is 1. The first kappa shape index (κ1) is 15.8. The summed E-state index contributed by atoms with van der Waals surface area (Å²) in [6.07, 6.45) is 1.30. The van der Waals surface area contributed by atoms with E-state index in [0.717, 1.165) is 12.8 Å². The lowest BCUT2D eigenvalue weighted by atomic mass is 9.98. The monoisotopic (exact) mass is 344 g/mol. The van der Waals surface area contributed by atoms with Crippen LogP contribution in [0.4, 0.5) is 9.59 Å². The Morgan fingerprint density at radius 3 is 2.25 bits per heavy atom. The highest BCUT2D eigenvalue weighted by molar-refractivity contribution is 6.67. The zero-order valence-electron chi connectivity index (χ0n) is 10.5. The summed E-state index contributed by atoms with van der Waals surface area (Å²) in [5, 5.41) is 11.8. The average molecular weight is 346 g/mol. The second kappa shape index (κ2) is 6.03. The van der Waals surface area contributed by atoms with Gasteiger partial charge in [0.15, 0.2) is 0 Å². The average Bonchev–Trinajstić information content (AvgIpc) is 2.58. The van der Waals surface area contributed by atoms with Gasteiger partial charge in [-0.15, -0.1) is 0 Å². The molecule has 0 saturated carbocycles. The van der Waals surface area contributed by atoms with Crippen LogP contribution in [0.5, 0.6) is 0 Å². The fraction of sp³-hybridized carbons (Fsp3) is 0.818. The molecule has 0 radical (unpaired) electrons. The standard InChI is InChI=1S/C11H15Cl3N2O4/c12-11(13,14)5-20-9(17)15-6-3-7-1-2-8(4-6)16(7)10(18)19/h6-8H,1-5H2,(H,15,17)(H,18,19)/t6?,7-,8+. The van der Waals surface area contributed by atoms with Crippen LogP contribution in [0.15, 0.2) is 0 Å². The molecule has 2 rings (SSSR count). The molecule has 20 heavy (non-hydrogen) atoms. The zero-order chi connectivity index (χ0) is 14.9. The predicted molar refractivity (Wildman–Crippen MR) is 74.5 cm³/mol. The molecule has 3 atom stereocenters. The molecule has 2 fully saturated rings. The molecule has 2 N–H and O–H groups in total. The largest absolute Gasteiger partial charge is 0.465 e. The van der Waals surface area contributed by atoms with E-state index in [1.807, 2.05) is 0 Å². The van der Waals surface area contributed by atoms with Crippen molar-refractivity contribution >= 4 is 47.0 Å². The van der Waals surface area contributed by atoms with E-state index >= 15 is 0 Å². The lowest BCUT2D eigenvalue weighted by Crippen LogP contribution is -2.52. The van der Waals surface area contributed by atoms with Gasteiger partial charge in [0.05, 0.1) is 0 Å². The Morgan fingerprint density at radius 2 is 1.80 bits per heavy atom. The van der Waals surface area contributed by atoms with Gasteiger partial charge in [0.1, 0.15) is 6.61 Å². The molecule has 0 aromatic heterocycles. The van der Waals surface area contributed by atoms with Gasteiger partial charge in [-0.3, -0.25) is 0 Å². The third-order valence-electron chi connectivity index (χ3n) is 3.64. The Kier molecular flexibility index (Phi) is 4.76. The van der Waals surface area contributed by atoms with Crippen molar-refractivity contribution in [2.75, 3.05) is 6.61 Å². The Balaban J connectivity index is 1.82. The number of ether oxygens (including phenoxy) is 1. The fourth-order valence-corrected chi connectivity index (χ4v) is 3.13. The number of alkyl halides is 3. The van der Waals surface area contributed by atoms with Crippen LogP contribution in [0, 0.1) is 0 Å². The summed E-state index contributed by atoms with van der Waals surface area (Å²) in [6, 6.07) is -0.180. The van der Waals surface area contributed by atoms with Gasteiger partial charge < -0.3 is 20.1 Å². The van der Waals surface area contributed by atoms with E-state index < -0.39 is 16.0 Å². The van der Waals surface area contributed by atoms with Crippen molar-refractivity contribution in [1.29, 1.82) is 0 Å². The van der Waals surface area contributed by atoms with Crippen molar-refractivity contribution in [3.63, 3.8) is 0 Å². The number of nitrogens with zero attached hydrogens (tertiary/aromatic N) is 1. The summed E-state index contributed by atoms with van der Waals surface area (Å²) in [7, 11) is 0. The third kappa shape index (κ3) is 3.96. The smallest absolute Gasteiger partial charge is 0.407 e. The number of piperidine rings is 1. The number of carboxylic acid groups (broad SMARTS) is 1. The van der Waals surface area contributed by atoms with E-state index in [1.54, 1.807) is 0 Å². The first-order valence-corrected chi connectivity index (χ1v) is 7.41. The van der Waals surface area contributed by atoms with E-state index in [1.165, 1.54) is 4.90 Å². The number of carbonyl (C=O) groups is 2. The Morgan fingerprint density at radius 1 is 1.25 bits per heavy atom. The summed E-state index contributed by atoms with van der Waals surface area (Å²) in [5.74, 6) is 0. The number of rotatable bonds is 2. The summed E-state index contributed by atoms with van der Waals surface area (Å²) >= 11 is 16.5. The maximum Gasteiger partial charge on any atom is 0.407 e. The molecule has 1 unspecified atom stereocenters. The Labute approximate surface area is 131 Å². The molecular formula is C11H15Cl3N2O4. The van der Waals surface area contributed by atoms with Gasteiger partial charge in [0.25, 0.3) is 0 Å². The molecule has 2 amide bonds. The molecule has 2 bridgehead atoms. The quantitative estimate of drug-likeness (QED) is 0.754.